The number of carbonyl (C=O) groups is 1. The Kier molecular flexibility index (Phi) is 5.24. The molecule has 3 fully saturated rings. The van der Waals surface area contributed by atoms with E-state index >= 15 is 0 Å². The summed E-state index contributed by atoms with van der Waals surface area (Å²) in [4.78, 5) is 25.7. The van der Waals surface area contributed by atoms with E-state index in [0.29, 0.717) is 39.9 Å². The van der Waals surface area contributed by atoms with E-state index in [1.54, 1.807) is 6.07 Å². The second-order valence-electron chi connectivity index (χ2n) is 10.0. The minimum Gasteiger partial charge on any atom is -0.481 e. The molecule has 0 amide bonds. The molecule has 0 aliphatic heterocycles. The van der Waals surface area contributed by atoms with Crippen LogP contribution in [0, 0.1) is 23.6 Å². The number of pyridine rings is 1. The van der Waals surface area contributed by atoms with E-state index in [9.17, 15) is 14.3 Å². The topological polar surface area (TPSA) is 135 Å². The number of aromatic amines is 1. The Morgan fingerprint density at radius 3 is 2.68 bits per heavy atom. The summed E-state index contributed by atoms with van der Waals surface area (Å²) < 4.78 is 22.0. The highest BCUT2D eigenvalue weighted by molar-refractivity contribution is 5.89. The number of nitrogens with zero attached hydrogens (tertiary/aromatic N) is 5. The number of aliphatic carboxylic acids is 1. The van der Waals surface area contributed by atoms with Crippen LogP contribution in [0.3, 0.4) is 0 Å². The molecule has 2 unspecified atom stereocenters. The zero-order valence-corrected chi connectivity index (χ0v) is 20.2. The Morgan fingerprint density at radius 1 is 1.11 bits per heavy atom. The lowest BCUT2D eigenvalue weighted by molar-refractivity contribution is -0.148. The fourth-order valence-corrected chi connectivity index (χ4v) is 6.07. The van der Waals surface area contributed by atoms with Gasteiger partial charge >= 0.3 is 5.97 Å². The zero-order chi connectivity index (χ0) is 25.8. The van der Waals surface area contributed by atoms with Crippen molar-refractivity contribution in [3.05, 3.63) is 60.8 Å². The number of aromatic nitrogens is 6. The third-order valence-corrected chi connectivity index (χ3v) is 7.84. The lowest BCUT2D eigenvalue weighted by atomic mass is 9.61. The van der Waals surface area contributed by atoms with E-state index in [1.807, 2.05) is 41.2 Å². The van der Waals surface area contributed by atoms with Gasteiger partial charge in [-0.15, -0.1) is 0 Å². The number of fused-ring (bicyclic) bond motifs is 4. The molecule has 11 heteroatoms. The van der Waals surface area contributed by atoms with Crippen molar-refractivity contribution >= 4 is 22.8 Å². The Balaban J connectivity index is 1.33. The van der Waals surface area contributed by atoms with Crippen molar-refractivity contribution in [1.29, 1.82) is 0 Å². The van der Waals surface area contributed by atoms with Crippen molar-refractivity contribution in [2.24, 2.45) is 17.8 Å². The van der Waals surface area contributed by atoms with E-state index in [-0.39, 0.29) is 23.7 Å². The smallest absolute Gasteiger partial charge is 0.308 e. The van der Waals surface area contributed by atoms with Gasteiger partial charge in [0.2, 0.25) is 5.88 Å². The summed E-state index contributed by atoms with van der Waals surface area (Å²) in [6.45, 7) is 0. The molecular formula is C27H24FN7O3. The van der Waals surface area contributed by atoms with Crippen molar-refractivity contribution in [1.82, 2.24) is 29.7 Å². The highest BCUT2D eigenvalue weighted by Crippen LogP contribution is 2.46. The van der Waals surface area contributed by atoms with Crippen molar-refractivity contribution < 1.29 is 18.7 Å². The maximum atomic E-state index is 14.1. The van der Waals surface area contributed by atoms with E-state index < -0.39 is 17.7 Å². The molecule has 192 valence electrons. The molecule has 3 aliphatic rings. The molecule has 5 aromatic rings. The Labute approximate surface area is 215 Å². The highest BCUT2D eigenvalue weighted by Gasteiger charge is 2.47. The quantitative estimate of drug-likeness (QED) is 0.292. The first kappa shape index (κ1) is 22.6. The molecule has 3 aliphatic carbocycles. The standard InChI is InChI=1S/C27H24FN7O3/c28-16-11-17-24(33-34-25(17)29-13-16)26-30-18(19-7-8-21(38-19)35-9-1-2-10-35)12-20(32-26)31-23-15-5-3-14(4-6-15)22(23)27(36)37/h1-2,7-15,22-23H,3-6H2,(H,36,37)(H,29,33,34)(H,30,31,32). The molecule has 38 heavy (non-hydrogen) atoms. The minimum atomic E-state index is -0.784. The highest BCUT2D eigenvalue weighted by atomic mass is 19.1. The molecular weight excluding hydrogens is 489 g/mol. The first-order valence-electron chi connectivity index (χ1n) is 12.7. The van der Waals surface area contributed by atoms with Gasteiger partial charge in [-0.1, -0.05) is 0 Å². The summed E-state index contributed by atoms with van der Waals surface area (Å²) >= 11 is 0. The van der Waals surface area contributed by atoms with Crippen molar-refractivity contribution in [3.63, 3.8) is 0 Å². The van der Waals surface area contributed by atoms with Crippen LogP contribution in [0.15, 0.2) is 59.4 Å². The lowest BCUT2D eigenvalue weighted by Gasteiger charge is -2.47. The van der Waals surface area contributed by atoms with E-state index in [4.69, 9.17) is 14.4 Å². The maximum absolute atomic E-state index is 14.1. The molecule has 3 saturated carbocycles. The van der Waals surface area contributed by atoms with Gasteiger partial charge < -0.3 is 14.8 Å². The first-order valence-corrected chi connectivity index (χ1v) is 12.7. The third kappa shape index (κ3) is 3.82. The molecule has 3 N–H and O–H groups in total. The Bertz CT molecular complexity index is 1640. The summed E-state index contributed by atoms with van der Waals surface area (Å²) in [7, 11) is 0. The largest absolute Gasteiger partial charge is 0.481 e. The van der Waals surface area contributed by atoms with Gasteiger partial charge in [0.25, 0.3) is 0 Å². The molecule has 2 bridgehead atoms. The average molecular weight is 514 g/mol. The first-order chi connectivity index (χ1) is 18.5. The van der Waals surface area contributed by atoms with Gasteiger partial charge in [-0.3, -0.25) is 14.5 Å². The monoisotopic (exact) mass is 513 g/mol. The summed E-state index contributed by atoms with van der Waals surface area (Å²) in [5, 5.41) is 21.1. The fourth-order valence-electron chi connectivity index (χ4n) is 6.07. The number of hydrogen-bond donors (Lipinski definition) is 3. The number of H-pyrrole nitrogens is 1. The average Bonchev–Trinajstić information content (AvgIpc) is 3.69. The molecule has 0 spiro atoms. The number of halogens is 1. The summed E-state index contributed by atoms with van der Waals surface area (Å²) in [5.41, 5.74) is 1.24. The third-order valence-electron chi connectivity index (χ3n) is 7.84. The number of anilines is 1. The molecule has 10 nitrogen and oxygen atoms in total. The van der Waals surface area contributed by atoms with Gasteiger partial charge in [-0.25, -0.2) is 19.3 Å². The van der Waals surface area contributed by atoms with Crippen LogP contribution >= 0.6 is 0 Å². The van der Waals surface area contributed by atoms with Gasteiger partial charge in [0.05, 0.1) is 17.5 Å². The van der Waals surface area contributed by atoms with Crippen LogP contribution in [0.4, 0.5) is 10.2 Å². The number of rotatable bonds is 6. The number of hydrogen-bond acceptors (Lipinski definition) is 7. The summed E-state index contributed by atoms with van der Waals surface area (Å²) in [6.07, 6.45) is 8.73. The lowest BCUT2D eigenvalue weighted by Crippen LogP contribution is -2.51. The number of nitrogens with one attached hydrogen (secondary N) is 2. The van der Waals surface area contributed by atoms with E-state index in [2.05, 4.69) is 20.5 Å². The van der Waals surface area contributed by atoms with Gasteiger partial charge in [-0.05, 0) is 61.8 Å². The molecule has 2 atom stereocenters. The maximum Gasteiger partial charge on any atom is 0.308 e. The van der Waals surface area contributed by atoms with E-state index in [1.165, 1.54) is 6.07 Å². The fraction of sp³-hybridized carbons (Fsp3) is 0.296. The molecule has 0 aromatic carbocycles. The van der Waals surface area contributed by atoms with Crippen LogP contribution < -0.4 is 5.32 Å². The van der Waals surface area contributed by atoms with Gasteiger partial charge in [0, 0.05) is 30.6 Å². The molecule has 0 saturated heterocycles. The van der Waals surface area contributed by atoms with Crippen molar-refractivity contribution in [2.75, 3.05) is 5.32 Å². The number of carboxylic acids is 1. The number of furan rings is 1. The summed E-state index contributed by atoms with van der Waals surface area (Å²) in [6, 6.07) is 10.3. The second kappa shape index (κ2) is 8.79. The Hall–Kier alpha value is -4.54. The minimum absolute atomic E-state index is 0.148. The van der Waals surface area contributed by atoms with Gasteiger partial charge in [0.15, 0.2) is 17.2 Å². The zero-order valence-electron chi connectivity index (χ0n) is 20.2. The predicted octanol–water partition coefficient (Wildman–Crippen LogP) is 4.91. The van der Waals surface area contributed by atoms with Crippen LogP contribution in [0.25, 0.3) is 39.9 Å². The van der Waals surface area contributed by atoms with Crippen molar-refractivity contribution in [2.45, 2.75) is 31.7 Å². The molecule has 8 rings (SSSR count). The van der Waals surface area contributed by atoms with E-state index in [0.717, 1.165) is 31.9 Å². The van der Waals surface area contributed by atoms with Crippen LogP contribution in [-0.2, 0) is 4.79 Å². The molecule has 0 radical (unpaired) electrons. The Morgan fingerprint density at radius 2 is 1.89 bits per heavy atom. The predicted molar refractivity (Wildman–Crippen MR) is 136 cm³/mol. The van der Waals surface area contributed by atoms with Crippen LogP contribution in [0.1, 0.15) is 25.7 Å². The normalized spacial score (nSPS) is 22.7. The van der Waals surface area contributed by atoms with Gasteiger partial charge in [0.1, 0.15) is 23.0 Å². The van der Waals surface area contributed by atoms with Crippen LogP contribution in [0.5, 0.6) is 0 Å². The van der Waals surface area contributed by atoms with Crippen LogP contribution in [0.2, 0.25) is 0 Å². The molecule has 5 aromatic heterocycles. The summed E-state index contributed by atoms with van der Waals surface area (Å²) in [5.74, 6) is 0.455. The van der Waals surface area contributed by atoms with Crippen molar-refractivity contribution in [3.8, 4) is 28.9 Å². The second-order valence-corrected chi connectivity index (χ2v) is 10.0. The SMILES string of the molecule is O=C(O)C1C2CCC(CC2)C1Nc1cc(-c2ccc(-n3cccc3)o2)nc(-c2n[nH]c3ncc(F)cc23)n1. The van der Waals surface area contributed by atoms with Crippen LogP contribution in [-0.4, -0.2) is 46.8 Å². The van der Waals surface area contributed by atoms with Gasteiger partial charge in [-0.2, -0.15) is 5.10 Å². The number of carboxylic acid groups (broad SMARTS) is 1. The molecule has 5 heterocycles.